The van der Waals surface area contributed by atoms with Crippen LogP contribution in [0.3, 0.4) is 0 Å². The third-order valence-electron chi connectivity index (χ3n) is 4.60. The molecule has 0 spiro atoms. The van der Waals surface area contributed by atoms with Crippen molar-refractivity contribution in [3.05, 3.63) is 0 Å². The van der Waals surface area contributed by atoms with Crippen LogP contribution in [0, 0.1) is 11.8 Å². The van der Waals surface area contributed by atoms with Crippen molar-refractivity contribution < 1.29 is 9.63 Å². The van der Waals surface area contributed by atoms with Gasteiger partial charge in [-0.25, -0.2) is 0 Å². The topological polar surface area (TPSA) is 76.7 Å². The molecule has 0 aromatic heterocycles. The fourth-order valence-electron chi connectivity index (χ4n) is 3.24. The third-order valence-corrected chi connectivity index (χ3v) is 4.60. The van der Waals surface area contributed by atoms with Gasteiger partial charge in [-0.3, -0.25) is 4.79 Å². The Morgan fingerprint density at radius 1 is 1.20 bits per heavy atom. The molecule has 0 aliphatic heterocycles. The van der Waals surface area contributed by atoms with Crippen molar-refractivity contribution in [2.75, 3.05) is 6.61 Å². The van der Waals surface area contributed by atoms with E-state index in [1.807, 2.05) is 0 Å². The first-order valence-corrected chi connectivity index (χ1v) is 7.91. The van der Waals surface area contributed by atoms with Crippen molar-refractivity contribution in [1.29, 1.82) is 0 Å². The summed E-state index contributed by atoms with van der Waals surface area (Å²) in [7, 11) is 0. The zero-order valence-corrected chi connectivity index (χ0v) is 12.4. The number of nitrogens with zero attached hydrogens (tertiary/aromatic N) is 1. The molecule has 5 heteroatoms. The molecule has 0 unspecified atom stereocenters. The summed E-state index contributed by atoms with van der Waals surface area (Å²) in [6, 6.07) is 0.288. The Bertz CT molecular complexity index is 351. The van der Waals surface area contributed by atoms with Crippen LogP contribution in [0.4, 0.5) is 0 Å². The summed E-state index contributed by atoms with van der Waals surface area (Å²) in [5.74, 6) is 1.35. The van der Waals surface area contributed by atoms with Crippen molar-refractivity contribution in [2.45, 2.75) is 64.3 Å². The molecule has 1 amide bonds. The molecule has 0 bridgehead atoms. The van der Waals surface area contributed by atoms with Gasteiger partial charge in [0.25, 0.3) is 5.91 Å². The highest BCUT2D eigenvalue weighted by Gasteiger charge is 2.23. The van der Waals surface area contributed by atoms with Crippen molar-refractivity contribution in [3.8, 4) is 0 Å². The summed E-state index contributed by atoms with van der Waals surface area (Å²) < 4.78 is 0. The fraction of sp³-hybridized carbons (Fsp3) is 0.867. The highest BCUT2D eigenvalue weighted by Crippen LogP contribution is 2.25. The van der Waals surface area contributed by atoms with Gasteiger partial charge in [0, 0.05) is 12.0 Å². The maximum atomic E-state index is 11.8. The Balaban J connectivity index is 1.67. The largest absolute Gasteiger partial charge is 0.384 e. The van der Waals surface area contributed by atoms with Gasteiger partial charge in [0.1, 0.15) is 5.84 Å². The SMILES string of the molecule is C[C@H]1CCCC[C@@H]1NC(=O)CO/N=C(\N)C1CCCC1. The number of amidine groups is 1. The minimum absolute atomic E-state index is 0.0311. The summed E-state index contributed by atoms with van der Waals surface area (Å²) in [6.07, 6.45) is 9.32. The Hall–Kier alpha value is -1.26. The minimum Gasteiger partial charge on any atom is -0.384 e. The molecule has 114 valence electrons. The Labute approximate surface area is 121 Å². The van der Waals surface area contributed by atoms with Crippen LogP contribution in [-0.4, -0.2) is 24.4 Å². The molecule has 2 saturated carbocycles. The average Bonchev–Trinajstić information content (AvgIpc) is 2.95. The van der Waals surface area contributed by atoms with E-state index in [0.29, 0.717) is 17.7 Å². The van der Waals surface area contributed by atoms with Gasteiger partial charge in [0.05, 0.1) is 0 Å². The molecule has 3 N–H and O–H groups in total. The lowest BCUT2D eigenvalue weighted by molar-refractivity contribution is -0.127. The zero-order chi connectivity index (χ0) is 14.4. The minimum atomic E-state index is -0.0910. The van der Waals surface area contributed by atoms with Crippen LogP contribution in [0.25, 0.3) is 0 Å². The summed E-state index contributed by atoms with van der Waals surface area (Å²) in [6.45, 7) is 2.16. The van der Waals surface area contributed by atoms with Gasteiger partial charge in [-0.15, -0.1) is 0 Å². The van der Waals surface area contributed by atoms with E-state index in [2.05, 4.69) is 17.4 Å². The van der Waals surface area contributed by atoms with E-state index in [1.165, 1.54) is 32.1 Å². The molecule has 2 aliphatic rings. The number of hydrogen-bond acceptors (Lipinski definition) is 3. The van der Waals surface area contributed by atoms with Crippen LogP contribution < -0.4 is 11.1 Å². The van der Waals surface area contributed by atoms with Gasteiger partial charge in [-0.1, -0.05) is 37.8 Å². The third kappa shape index (κ3) is 4.39. The zero-order valence-electron chi connectivity index (χ0n) is 12.4. The monoisotopic (exact) mass is 281 g/mol. The van der Waals surface area contributed by atoms with E-state index in [4.69, 9.17) is 10.6 Å². The van der Waals surface area contributed by atoms with Crippen molar-refractivity contribution in [2.24, 2.45) is 22.7 Å². The normalized spacial score (nSPS) is 28.4. The number of carbonyl (C=O) groups excluding carboxylic acids is 1. The molecular formula is C15H27N3O2. The highest BCUT2D eigenvalue weighted by molar-refractivity contribution is 5.82. The lowest BCUT2D eigenvalue weighted by Gasteiger charge is -2.29. The molecule has 0 saturated heterocycles. The molecule has 2 atom stereocenters. The van der Waals surface area contributed by atoms with Crippen molar-refractivity contribution in [3.63, 3.8) is 0 Å². The molecule has 5 nitrogen and oxygen atoms in total. The summed E-state index contributed by atoms with van der Waals surface area (Å²) >= 11 is 0. The van der Waals surface area contributed by atoms with Crippen LogP contribution in [-0.2, 0) is 9.63 Å². The van der Waals surface area contributed by atoms with Gasteiger partial charge in [0.15, 0.2) is 6.61 Å². The number of hydrogen-bond donors (Lipinski definition) is 2. The number of nitrogens with two attached hydrogens (primary N) is 1. The van der Waals surface area contributed by atoms with Crippen molar-refractivity contribution >= 4 is 11.7 Å². The molecule has 0 heterocycles. The first-order valence-electron chi connectivity index (χ1n) is 7.91. The number of oxime groups is 1. The second-order valence-electron chi connectivity index (χ2n) is 6.21. The molecule has 0 aromatic carbocycles. The van der Waals surface area contributed by atoms with Crippen LogP contribution in [0.5, 0.6) is 0 Å². The number of carbonyl (C=O) groups is 1. The Kier molecular flexibility index (Phi) is 5.68. The predicted octanol–water partition coefficient (Wildman–Crippen LogP) is 2.16. The fourth-order valence-corrected chi connectivity index (χ4v) is 3.24. The highest BCUT2D eigenvalue weighted by atomic mass is 16.6. The molecular weight excluding hydrogens is 254 g/mol. The van der Waals surface area contributed by atoms with Crippen LogP contribution in [0.15, 0.2) is 5.16 Å². The Morgan fingerprint density at radius 3 is 2.55 bits per heavy atom. The predicted molar refractivity (Wildman–Crippen MR) is 79.1 cm³/mol. The number of amides is 1. The van der Waals surface area contributed by atoms with Gasteiger partial charge >= 0.3 is 0 Å². The molecule has 2 rings (SSSR count). The quantitative estimate of drug-likeness (QED) is 0.460. The summed E-state index contributed by atoms with van der Waals surface area (Å²) in [5.41, 5.74) is 5.86. The van der Waals surface area contributed by atoms with E-state index in [1.54, 1.807) is 0 Å². The summed E-state index contributed by atoms with van der Waals surface area (Å²) in [5, 5.41) is 6.93. The molecule has 20 heavy (non-hydrogen) atoms. The van der Waals surface area contributed by atoms with Crippen molar-refractivity contribution in [1.82, 2.24) is 5.32 Å². The first kappa shape index (κ1) is 15.1. The van der Waals surface area contributed by atoms with Gasteiger partial charge in [0.2, 0.25) is 0 Å². The summed E-state index contributed by atoms with van der Waals surface area (Å²) in [4.78, 5) is 16.9. The first-order chi connectivity index (χ1) is 9.66. The van der Waals surface area contributed by atoms with E-state index in [9.17, 15) is 4.79 Å². The Morgan fingerprint density at radius 2 is 1.85 bits per heavy atom. The molecule has 0 radical (unpaired) electrons. The lowest BCUT2D eigenvalue weighted by atomic mass is 9.86. The van der Waals surface area contributed by atoms with Gasteiger partial charge < -0.3 is 15.9 Å². The van der Waals surface area contributed by atoms with Crippen LogP contribution in [0.2, 0.25) is 0 Å². The maximum Gasteiger partial charge on any atom is 0.261 e. The number of nitrogens with one attached hydrogen (secondary N) is 1. The second kappa shape index (κ2) is 7.50. The van der Waals surface area contributed by atoms with E-state index < -0.39 is 0 Å². The number of rotatable bonds is 5. The lowest BCUT2D eigenvalue weighted by Crippen LogP contribution is -2.42. The second-order valence-corrected chi connectivity index (χ2v) is 6.21. The average molecular weight is 281 g/mol. The molecule has 2 fully saturated rings. The molecule has 0 aromatic rings. The van der Waals surface area contributed by atoms with E-state index in [-0.39, 0.29) is 18.6 Å². The smallest absolute Gasteiger partial charge is 0.261 e. The standard InChI is InChI=1S/C15H27N3O2/c1-11-6-2-5-9-13(11)17-14(19)10-20-18-15(16)12-7-3-4-8-12/h11-13H,2-10H2,1H3,(H2,16,18)(H,17,19)/t11-,13-/m0/s1. The maximum absolute atomic E-state index is 11.8. The van der Waals surface area contributed by atoms with E-state index in [0.717, 1.165) is 19.3 Å². The van der Waals surface area contributed by atoms with Crippen LogP contribution in [0.1, 0.15) is 58.3 Å². The molecule has 2 aliphatic carbocycles. The van der Waals surface area contributed by atoms with Crippen LogP contribution >= 0.6 is 0 Å². The van der Waals surface area contributed by atoms with Gasteiger partial charge in [-0.2, -0.15) is 0 Å². The van der Waals surface area contributed by atoms with Gasteiger partial charge in [-0.05, 0) is 31.6 Å². The van der Waals surface area contributed by atoms with E-state index >= 15 is 0 Å².